The number of rotatable bonds is 6. The van der Waals surface area contributed by atoms with Crippen molar-refractivity contribution in [2.45, 2.75) is 32.6 Å². The molecule has 0 aliphatic carbocycles. The predicted octanol–water partition coefficient (Wildman–Crippen LogP) is 2.05. The number of aryl methyl sites for hydroxylation is 1. The van der Waals surface area contributed by atoms with E-state index < -0.39 is 0 Å². The van der Waals surface area contributed by atoms with Crippen LogP contribution in [-0.4, -0.2) is 50.0 Å². The second-order valence-electron chi connectivity index (χ2n) is 6.13. The zero-order valence-corrected chi connectivity index (χ0v) is 14.2. The Morgan fingerprint density at radius 3 is 2.88 bits per heavy atom. The topological polar surface area (TPSA) is 90.6 Å². The van der Waals surface area contributed by atoms with Crippen LogP contribution in [0.1, 0.15) is 36.7 Å². The fourth-order valence-corrected chi connectivity index (χ4v) is 2.99. The highest BCUT2D eigenvalue weighted by molar-refractivity contribution is 5.90. The van der Waals surface area contributed by atoms with Crippen molar-refractivity contribution in [1.29, 1.82) is 0 Å². The van der Waals surface area contributed by atoms with Gasteiger partial charge in [-0.05, 0) is 17.5 Å². The third-order valence-corrected chi connectivity index (χ3v) is 4.39. The second-order valence-corrected chi connectivity index (χ2v) is 6.13. The van der Waals surface area contributed by atoms with Gasteiger partial charge in [0, 0.05) is 36.6 Å². The largest absolute Gasteiger partial charge is 0.361 e. The maximum absolute atomic E-state index is 12.6. The fraction of sp³-hybridized carbons (Fsp3) is 0.412. The summed E-state index contributed by atoms with van der Waals surface area (Å²) >= 11 is 0. The van der Waals surface area contributed by atoms with E-state index in [0.29, 0.717) is 18.8 Å². The SMILES string of the molecule is CCc1cccc2c(CC(=O)N(C)C[C@@H](C)c3nn[nH]n3)c[nH]c12. The van der Waals surface area contributed by atoms with Crippen LogP contribution in [0, 0.1) is 0 Å². The van der Waals surface area contributed by atoms with Crippen molar-refractivity contribution in [2.24, 2.45) is 0 Å². The van der Waals surface area contributed by atoms with Crippen LogP contribution in [-0.2, 0) is 17.6 Å². The molecule has 2 heterocycles. The molecule has 126 valence electrons. The minimum absolute atomic E-state index is 0.0346. The molecule has 2 aromatic heterocycles. The van der Waals surface area contributed by atoms with Crippen molar-refractivity contribution in [2.75, 3.05) is 13.6 Å². The number of H-pyrrole nitrogens is 2. The summed E-state index contributed by atoms with van der Waals surface area (Å²) in [5, 5.41) is 15.1. The number of likely N-dealkylation sites (N-methyl/N-ethyl adjacent to an activating group) is 1. The van der Waals surface area contributed by atoms with Gasteiger partial charge in [0.15, 0.2) is 5.82 Å². The van der Waals surface area contributed by atoms with E-state index in [2.05, 4.69) is 44.7 Å². The molecule has 0 fully saturated rings. The Bertz CT molecular complexity index is 823. The normalized spacial score (nSPS) is 12.5. The molecule has 0 aliphatic rings. The standard InChI is InChI=1S/C17H22N6O/c1-4-12-6-5-7-14-13(9-18-16(12)14)8-15(24)23(3)10-11(2)17-19-21-22-20-17/h5-7,9,11,18H,4,8,10H2,1-3H3,(H,19,20,21,22)/t11-/m1/s1. The number of hydrogen-bond donors (Lipinski definition) is 2. The Morgan fingerprint density at radius 2 is 2.17 bits per heavy atom. The van der Waals surface area contributed by atoms with Gasteiger partial charge in [0.2, 0.25) is 5.91 Å². The zero-order valence-electron chi connectivity index (χ0n) is 14.2. The van der Waals surface area contributed by atoms with E-state index in [0.717, 1.165) is 22.9 Å². The summed E-state index contributed by atoms with van der Waals surface area (Å²) in [6.07, 6.45) is 3.29. The number of nitrogens with one attached hydrogen (secondary N) is 2. The molecule has 0 unspecified atom stereocenters. The number of benzene rings is 1. The average molecular weight is 326 g/mol. The van der Waals surface area contributed by atoms with Gasteiger partial charge >= 0.3 is 0 Å². The molecule has 3 rings (SSSR count). The number of carbonyl (C=O) groups excluding carboxylic acids is 1. The predicted molar refractivity (Wildman–Crippen MR) is 91.6 cm³/mol. The highest BCUT2D eigenvalue weighted by Gasteiger charge is 2.18. The summed E-state index contributed by atoms with van der Waals surface area (Å²) in [6, 6.07) is 6.23. The molecule has 0 bridgehead atoms. The number of tetrazole rings is 1. The van der Waals surface area contributed by atoms with Gasteiger partial charge < -0.3 is 9.88 Å². The van der Waals surface area contributed by atoms with Gasteiger partial charge in [0.1, 0.15) is 0 Å². The lowest BCUT2D eigenvalue weighted by Crippen LogP contribution is -2.31. The molecule has 7 heteroatoms. The molecule has 1 atom stereocenters. The van der Waals surface area contributed by atoms with Crippen LogP contribution in [0.5, 0.6) is 0 Å². The van der Waals surface area contributed by atoms with Gasteiger partial charge in [-0.2, -0.15) is 5.21 Å². The van der Waals surface area contributed by atoms with Crippen molar-refractivity contribution >= 4 is 16.8 Å². The average Bonchev–Trinajstić information content (AvgIpc) is 3.24. The van der Waals surface area contributed by atoms with Gasteiger partial charge in [-0.25, -0.2) is 0 Å². The minimum Gasteiger partial charge on any atom is -0.361 e. The zero-order chi connectivity index (χ0) is 17.1. The molecule has 1 amide bonds. The van der Waals surface area contributed by atoms with Crippen molar-refractivity contribution in [3.8, 4) is 0 Å². The Hall–Kier alpha value is -2.70. The van der Waals surface area contributed by atoms with E-state index in [1.165, 1.54) is 5.56 Å². The first kappa shape index (κ1) is 16.2. The maximum atomic E-state index is 12.6. The lowest BCUT2D eigenvalue weighted by atomic mass is 10.0. The number of nitrogens with zero attached hydrogens (tertiary/aromatic N) is 4. The minimum atomic E-state index is 0.0346. The van der Waals surface area contributed by atoms with Gasteiger partial charge in [0.25, 0.3) is 0 Å². The lowest BCUT2D eigenvalue weighted by molar-refractivity contribution is -0.129. The van der Waals surface area contributed by atoms with E-state index >= 15 is 0 Å². The first-order chi connectivity index (χ1) is 11.6. The summed E-state index contributed by atoms with van der Waals surface area (Å²) in [6.45, 7) is 4.67. The molecular formula is C17H22N6O. The van der Waals surface area contributed by atoms with E-state index in [9.17, 15) is 4.79 Å². The van der Waals surface area contributed by atoms with Crippen LogP contribution in [0.15, 0.2) is 24.4 Å². The maximum Gasteiger partial charge on any atom is 0.226 e. The lowest BCUT2D eigenvalue weighted by Gasteiger charge is -2.19. The number of hydrogen-bond acceptors (Lipinski definition) is 4. The highest BCUT2D eigenvalue weighted by atomic mass is 16.2. The number of carbonyl (C=O) groups is 1. The van der Waals surface area contributed by atoms with Crippen LogP contribution >= 0.6 is 0 Å². The third kappa shape index (κ3) is 3.15. The molecule has 0 saturated carbocycles. The van der Waals surface area contributed by atoms with Crippen molar-refractivity contribution in [3.63, 3.8) is 0 Å². The quantitative estimate of drug-likeness (QED) is 0.725. The summed E-state index contributed by atoms with van der Waals surface area (Å²) in [4.78, 5) is 17.6. The number of aromatic nitrogens is 5. The van der Waals surface area contributed by atoms with E-state index in [-0.39, 0.29) is 11.8 Å². The van der Waals surface area contributed by atoms with E-state index in [1.807, 2.05) is 26.2 Å². The number of fused-ring (bicyclic) bond motifs is 1. The third-order valence-electron chi connectivity index (χ3n) is 4.39. The fourth-order valence-electron chi connectivity index (χ4n) is 2.99. The molecule has 24 heavy (non-hydrogen) atoms. The molecule has 0 aliphatic heterocycles. The van der Waals surface area contributed by atoms with Gasteiger partial charge in [-0.1, -0.05) is 37.3 Å². The Balaban J connectivity index is 1.70. The molecule has 0 spiro atoms. The second kappa shape index (κ2) is 6.82. The van der Waals surface area contributed by atoms with Crippen molar-refractivity contribution < 1.29 is 4.79 Å². The number of amides is 1. The first-order valence-corrected chi connectivity index (χ1v) is 8.15. The van der Waals surface area contributed by atoms with Crippen molar-refractivity contribution in [3.05, 3.63) is 41.3 Å². The molecular weight excluding hydrogens is 304 g/mol. The number of aromatic amines is 2. The van der Waals surface area contributed by atoms with Crippen LogP contribution < -0.4 is 0 Å². The van der Waals surface area contributed by atoms with Crippen LogP contribution in [0.25, 0.3) is 10.9 Å². The Labute approximate surface area is 140 Å². The summed E-state index contributed by atoms with van der Waals surface area (Å²) < 4.78 is 0. The molecule has 2 N–H and O–H groups in total. The van der Waals surface area contributed by atoms with Crippen LogP contribution in [0.2, 0.25) is 0 Å². The van der Waals surface area contributed by atoms with Crippen molar-refractivity contribution in [1.82, 2.24) is 30.5 Å². The molecule has 0 radical (unpaired) electrons. The van der Waals surface area contributed by atoms with Crippen LogP contribution in [0.4, 0.5) is 0 Å². The van der Waals surface area contributed by atoms with E-state index in [1.54, 1.807) is 4.90 Å². The summed E-state index contributed by atoms with van der Waals surface area (Å²) in [5.41, 5.74) is 3.43. The smallest absolute Gasteiger partial charge is 0.226 e. The summed E-state index contributed by atoms with van der Waals surface area (Å²) in [7, 11) is 1.81. The Morgan fingerprint density at radius 1 is 1.33 bits per heavy atom. The van der Waals surface area contributed by atoms with Gasteiger partial charge in [0.05, 0.1) is 6.42 Å². The highest BCUT2D eigenvalue weighted by Crippen LogP contribution is 2.23. The molecule has 3 aromatic rings. The molecule has 0 saturated heterocycles. The molecule has 1 aromatic carbocycles. The number of para-hydroxylation sites is 1. The summed E-state index contributed by atoms with van der Waals surface area (Å²) in [5.74, 6) is 0.731. The van der Waals surface area contributed by atoms with E-state index in [4.69, 9.17) is 0 Å². The van der Waals surface area contributed by atoms with Crippen LogP contribution in [0.3, 0.4) is 0 Å². The Kier molecular flexibility index (Phi) is 4.59. The molecule has 7 nitrogen and oxygen atoms in total. The first-order valence-electron chi connectivity index (χ1n) is 8.15. The van der Waals surface area contributed by atoms with Gasteiger partial charge in [-0.3, -0.25) is 4.79 Å². The van der Waals surface area contributed by atoms with Gasteiger partial charge in [-0.15, -0.1) is 10.2 Å². The monoisotopic (exact) mass is 326 g/mol.